The van der Waals surface area contributed by atoms with Crippen molar-refractivity contribution in [1.82, 2.24) is 4.90 Å². The number of benzene rings is 3. The number of fused-ring (bicyclic) bond motifs is 1. The zero-order valence-electron chi connectivity index (χ0n) is 20.9. The molecule has 0 amide bonds. The van der Waals surface area contributed by atoms with Gasteiger partial charge in [-0.25, -0.2) is 0 Å². The maximum Gasteiger partial charge on any atom is 0.162 e. The molecule has 0 bridgehead atoms. The lowest BCUT2D eigenvalue weighted by molar-refractivity contribution is 0.172. The molecule has 4 rings (SSSR count). The molecule has 0 aliphatic carbocycles. The number of hydrogen-bond acceptors (Lipinski definition) is 5. The van der Waals surface area contributed by atoms with E-state index in [1.54, 1.807) is 21.3 Å². The van der Waals surface area contributed by atoms with Crippen molar-refractivity contribution in [2.24, 2.45) is 0 Å². The van der Waals surface area contributed by atoms with Crippen LogP contribution in [0.25, 0.3) is 0 Å². The fourth-order valence-corrected chi connectivity index (χ4v) is 5.94. The highest BCUT2D eigenvalue weighted by Crippen LogP contribution is 2.43. The van der Waals surface area contributed by atoms with Crippen LogP contribution < -0.4 is 18.9 Å². The molecule has 5 nitrogen and oxygen atoms in total. The topological polar surface area (TPSA) is 40.2 Å². The van der Waals surface area contributed by atoms with Crippen molar-refractivity contribution in [2.45, 2.75) is 42.9 Å². The van der Waals surface area contributed by atoms with E-state index in [0.29, 0.717) is 10.7 Å². The molecule has 2 atom stereocenters. The van der Waals surface area contributed by atoms with Gasteiger partial charge < -0.3 is 18.9 Å². The average molecular weight is 587 g/mol. The van der Waals surface area contributed by atoms with Gasteiger partial charge in [-0.1, -0.05) is 65.9 Å². The Morgan fingerprint density at radius 2 is 1.54 bits per heavy atom. The van der Waals surface area contributed by atoms with Gasteiger partial charge in [0.1, 0.15) is 6.61 Å². The molecule has 0 saturated heterocycles. The van der Waals surface area contributed by atoms with Crippen LogP contribution in [-0.2, 0) is 19.4 Å². The van der Waals surface area contributed by atoms with Crippen LogP contribution in [0.15, 0.2) is 60.7 Å². The molecule has 0 spiro atoms. The van der Waals surface area contributed by atoms with E-state index in [4.69, 9.17) is 18.9 Å². The summed E-state index contributed by atoms with van der Waals surface area (Å²) in [7, 11) is 5.07. The molecule has 6 heteroatoms. The Bertz CT molecular complexity index is 1120. The highest BCUT2D eigenvalue weighted by atomic mass is 127. The zero-order valence-corrected chi connectivity index (χ0v) is 23.1. The Morgan fingerprint density at radius 1 is 0.829 bits per heavy atom. The summed E-state index contributed by atoms with van der Waals surface area (Å²) in [6.45, 7) is 3.79. The van der Waals surface area contributed by atoms with Gasteiger partial charge in [0.15, 0.2) is 23.0 Å². The number of halogens is 1. The monoisotopic (exact) mass is 587 g/mol. The lowest BCUT2D eigenvalue weighted by Gasteiger charge is -2.41. The highest BCUT2D eigenvalue weighted by molar-refractivity contribution is 14.1. The second-order valence-corrected chi connectivity index (χ2v) is 10.2. The predicted octanol–water partition coefficient (Wildman–Crippen LogP) is 6.60. The lowest BCUT2D eigenvalue weighted by atomic mass is 9.88. The van der Waals surface area contributed by atoms with Crippen LogP contribution >= 0.6 is 22.6 Å². The van der Waals surface area contributed by atoms with Crippen LogP contribution in [0, 0.1) is 0 Å². The van der Waals surface area contributed by atoms with Crippen LogP contribution in [0.5, 0.6) is 23.0 Å². The molecule has 2 unspecified atom stereocenters. The largest absolute Gasteiger partial charge is 0.493 e. The van der Waals surface area contributed by atoms with Crippen molar-refractivity contribution in [3.8, 4) is 23.0 Å². The molecule has 0 fully saturated rings. The molecule has 0 saturated carbocycles. The maximum absolute atomic E-state index is 6.29. The number of rotatable bonds is 10. The van der Waals surface area contributed by atoms with Crippen molar-refractivity contribution in [2.75, 3.05) is 27.9 Å². The minimum atomic E-state index is 0.226. The molecule has 3 aromatic carbocycles. The normalized spacial score (nSPS) is 17.5. The third-order valence-electron chi connectivity index (χ3n) is 6.53. The van der Waals surface area contributed by atoms with Crippen molar-refractivity contribution in [3.05, 3.63) is 82.9 Å². The van der Waals surface area contributed by atoms with E-state index in [-0.39, 0.29) is 6.04 Å². The third-order valence-corrected chi connectivity index (χ3v) is 7.68. The summed E-state index contributed by atoms with van der Waals surface area (Å²) in [4.78, 5) is 2.62. The van der Waals surface area contributed by atoms with Gasteiger partial charge in [0.25, 0.3) is 0 Å². The van der Waals surface area contributed by atoms with Crippen LogP contribution in [0.1, 0.15) is 41.6 Å². The molecule has 1 heterocycles. The van der Waals surface area contributed by atoms with Crippen molar-refractivity contribution >= 4 is 22.6 Å². The average Bonchev–Trinajstić information content (AvgIpc) is 2.89. The Balaban J connectivity index is 1.70. The summed E-state index contributed by atoms with van der Waals surface area (Å²) in [6.07, 6.45) is 2.95. The van der Waals surface area contributed by atoms with Crippen molar-refractivity contribution < 1.29 is 18.9 Å². The second kappa shape index (κ2) is 12.0. The molecular weight excluding hydrogens is 553 g/mol. The summed E-state index contributed by atoms with van der Waals surface area (Å²) in [5.74, 6) is 3.09. The van der Waals surface area contributed by atoms with Gasteiger partial charge in [0, 0.05) is 6.04 Å². The number of ether oxygens (including phenoxy) is 4. The van der Waals surface area contributed by atoms with Gasteiger partial charge in [-0.3, -0.25) is 4.90 Å². The standard InChI is InChI=1S/C29H34INO4/c1-5-13-31-24(14-21-11-12-25(32-2)26(15-21)33-3)23-18-28(35-19-20-9-7-6-8-10-20)27(34-4)16-22(23)17-29(31)30/h6-12,15-16,18,24,29H,5,13-14,17,19H2,1-4H3. The highest BCUT2D eigenvalue weighted by Gasteiger charge is 2.34. The van der Waals surface area contributed by atoms with Crippen LogP contribution in [0.3, 0.4) is 0 Å². The van der Waals surface area contributed by atoms with E-state index < -0.39 is 0 Å². The summed E-state index contributed by atoms with van der Waals surface area (Å²) in [5.41, 5.74) is 4.98. The molecule has 186 valence electrons. The van der Waals surface area contributed by atoms with Crippen molar-refractivity contribution in [1.29, 1.82) is 0 Å². The van der Waals surface area contributed by atoms with E-state index in [9.17, 15) is 0 Å². The molecule has 0 radical (unpaired) electrons. The van der Waals surface area contributed by atoms with E-state index in [1.807, 2.05) is 24.3 Å². The Kier molecular flexibility index (Phi) is 8.78. The zero-order chi connectivity index (χ0) is 24.8. The number of alkyl halides is 1. The fraction of sp³-hybridized carbons (Fsp3) is 0.379. The predicted molar refractivity (Wildman–Crippen MR) is 148 cm³/mol. The van der Waals surface area contributed by atoms with Gasteiger partial charge in [0.2, 0.25) is 0 Å². The smallest absolute Gasteiger partial charge is 0.162 e. The summed E-state index contributed by atoms with van der Waals surface area (Å²) >= 11 is 2.59. The minimum Gasteiger partial charge on any atom is -0.493 e. The Hall–Kier alpha value is -2.45. The molecule has 1 aliphatic heterocycles. The van der Waals surface area contributed by atoms with E-state index in [1.165, 1.54) is 16.7 Å². The summed E-state index contributed by atoms with van der Waals surface area (Å²) < 4.78 is 23.5. The number of methoxy groups -OCH3 is 3. The van der Waals surface area contributed by atoms with Crippen LogP contribution in [0.4, 0.5) is 0 Å². The van der Waals surface area contributed by atoms with Gasteiger partial charge in [0.05, 0.1) is 25.4 Å². The van der Waals surface area contributed by atoms with E-state index in [2.05, 4.69) is 70.8 Å². The molecule has 0 aromatic heterocycles. The van der Waals surface area contributed by atoms with Gasteiger partial charge >= 0.3 is 0 Å². The minimum absolute atomic E-state index is 0.226. The molecule has 1 aliphatic rings. The molecule has 0 N–H and O–H groups in total. The first-order chi connectivity index (χ1) is 17.1. The van der Waals surface area contributed by atoms with Gasteiger partial charge in [-0.05, 0) is 72.3 Å². The fourth-order valence-electron chi connectivity index (χ4n) is 4.80. The molecular formula is C29H34INO4. The number of hydrogen-bond donors (Lipinski definition) is 0. The van der Waals surface area contributed by atoms with Gasteiger partial charge in [-0.15, -0.1) is 0 Å². The SMILES string of the molecule is CCCN1C(I)Cc2cc(OC)c(OCc3ccccc3)cc2C1Cc1ccc(OC)c(OC)c1. The molecule has 3 aromatic rings. The van der Waals surface area contributed by atoms with Gasteiger partial charge in [-0.2, -0.15) is 0 Å². The Morgan fingerprint density at radius 3 is 2.23 bits per heavy atom. The first-order valence-electron chi connectivity index (χ1n) is 12.1. The van der Waals surface area contributed by atoms with E-state index >= 15 is 0 Å². The van der Waals surface area contributed by atoms with E-state index in [0.717, 1.165) is 54.4 Å². The summed E-state index contributed by atoms with van der Waals surface area (Å²) in [5, 5.41) is 0. The second-order valence-electron chi connectivity index (χ2n) is 8.76. The summed E-state index contributed by atoms with van der Waals surface area (Å²) in [6, 6.07) is 21.1. The first-order valence-corrected chi connectivity index (χ1v) is 13.3. The molecule has 35 heavy (non-hydrogen) atoms. The number of nitrogens with zero attached hydrogens (tertiary/aromatic N) is 1. The maximum atomic E-state index is 6.29. The van der Waals surface area contributed by atoms with Crippen molar-refractivity contribution in [3.63, 3.8) is 0 Å². The van der Waals surface area contributed by atoms with Crippen LogP contribution in [-0.4, -0.2) is 36.8 Å². The first kappa shape index (κ1) is 25.6. The quantitative estimate of drug-likeness (QED) is 0.152. The third kappa shape index (κ3) is 5.86. The Labute approximate surface area is 222 Å². The van der Waals surface area contributed by atoms with Crippen LogP contribution in [0.2, 0.25) is 0 Å². The lowest BCUT2D eigenvalue weighted by Crippen LogP contribution is -2.41.